The van der Waals surface area contributed by atoms with Crippen LogP contribution in [-0.4, -0.2) is 38.4 Å². The molecule has 0 spiro atoms. The van der Waals surface area contributed by atoms with Crippen LogP contribution in [0.3, 0.4) is 0 Å². The van der Waals surface area contributed by atoms with Crippen LogP contribution in [0.4, 0.5) is 11.4 Å². The van der Waals surface area contributed by atoms with Crippen LogP contribution in [0.15, 0.2) is 77.2 Å². The Morgan fingerprint density at radius 1 is 0.972 bits per heavy atom. The van der Waals surface area contributed by atoms with E-state index in [1.54, 1.807) is 61.5 Å². The third-order valence-corrected chi connectivity index (χ3v) is 5.35. The summed E-state index contributed by atoms with van der Waals surface area (Å²) in [4.78, 5) is 25.2. The number of benzene rings is 3. The number of carbonyl (C=O) groups is 2. The minimum Gasteiger partial charge on any atom is -0.492 e. The van der Waals surface area contributed by atoms with Crippen LogP contribution < -0.4 is 25.8 Å². The maximum atomic E-state index is 12.8. The van der Waals surface area contributed by atoms with Crippen molar-refractivity contribution in [3.05, 3.63) is 84.1 Å². The van der Waals surface area contributed by atoms with E-state index in [0.717, 1.165) is 0 Å². The van der Waals surface area contributed by atoms with Gasteiger partial charge in [0.2, 0.25) is 5.76 Å². The second-order valence-electron chi connectivity index (χ2n) is 7.85. The molecule has 1 aromatic heterocycles. The summed E-state index contributed by atoms with van der Waals surface area (Å²) < 4.78 is 22.4. The molecule has 0 radical (unpaired) electrons. The standard InChI is InChI=1S/C27H27N3O6/c1-17(33-2)35-24-20-7-3-6-10-23(20)36-25(24)27(32)29-15-16-34-19-13-11-18(12-14-19)26(31)30-22-9-5-4-8-21(22)28/h3-14,17H,15-16,28H2,1-2H3,(H,29,32)(H,30,31). The van der Waals surface area contributed by atoms with Gasteiger partial charge in [0.25, 0.3) is 11.8 Å². The highest BCUT2D eigenvalue weighted by Gasteiger charge is 2.23. The van der Waals surface area contributed by atoms with Crippen LogP contribution in [0.5, 0.6) is 11.5 Å². The monoisotopic (exact) mass is 489 g/mol. The van der Waals surface area contributed by atoms with Gasteiger partial charge in [-0.25, -0.2) is 0 Å². The Bertz CT molecular complexity index is 1350. The van der Waals surface area contributed by atoms with Crippen molar-refractivity contribution in [2.24, 2.45) is 0 Å². The molecule has 4 N–H and O–H groups in total. The third kappa shape index (κ3) is 5.76. The fourth-order valence-corrected chi connectivity index (χ4v) is 3.42. The lowest BCUT2D eigenvalue weighted by atomic mass is 10.2. The Hall–Kier alpha value is -4.50. The number of hydrogen-bond donors (Lipinski definition) is 3. The van der Waals surface area contributed by atoms with E-state index in [1.807, 2.05) is 18.2 Å². The Morgan fingerprint density at radius 2 is 1.69 bits per heavy atom. The summed E-state index contributed by atoms with van der Waals surface area (Å²) in [6, 6.07) is 20.9. The fourth-order valence-electron chi connectivity index (χ4n) is 3.42. The number of ether oxygens (including phenoxy) is 3. The number of para-hydroxylation sites is 3. The van der Waals surface area contributed by atoms with Gasteiger partial charge in [-0.15, -0.1) is 0 Å². The second-order valence-corrected chi connectivity index (χ2v) is 7.85. The van der Waals surface area contributed by atoms with Gasteiger partial charge < -0.3 is 35.0 Å². The van der Waals surface area contributed by atoms with Gasteiger partial charge in [0.05, 0.1) is 23.3 Å². The largest absolute Gasteiger partial charge is 0.492 e. The van der Waals surface area contributed by atoms with Gasteiger partial charge in [-0.3, -0.25) is 9.59 Å². The predicted molar refractivity (Wildman–Crippen MR) is 136 cm³/mol. The van der Waals surface area contributed by atoms with Gasteiger partial charge in [-0.1, -0.05) is 24.3 Å². The minimum atomic E-state index is -0.559. The van der Waals surface area contributed by atoms with Crippen molar-refractivity contribution in [1.82, 2.24) is 5.32 Å². The number of rotatable bonds is 10. The molecule has 9 heteroatoms. The number of fused-ring (bicyclic) bond motifs is 1. The highest BCUT2D eigenvalue weighted by molar-refractivity contribution is 6.05. The molecule has 2 amide bonds. The van der Waals surface area contributed by atoms with E-state index in [2.05, 4.69) is 10.6 Å². The molecular formula is C27H27N3O6. The fraction of sp³-hybridized carbons (Fsp3) is 0.185. The zero-order chi connectivity index (χ0) is 25.5. The third-order valence-electron chi connectivity index (χ3n) is 5.35. The first-order valence-corrected chi connectivity index (χ1v) is 11.3. The van der Waals surface area contributed by atoms with Crippen molar-refractivity contribution in [3.8, 4) is 11.5 Å². The molecule has 186 valence electrons. The van der Waals surface area contributed by atoms with E-state index >= 15 is 0 Å². The molecule has 0 fully saturated rings. The maximum Gasteiger partial charge on any atom is 0.291 e. The first kappa shape index (κ1) is 24.6. The van der Waals surface area contributed by atoms with Crippen molar-refractivity contribution in [1.29, 1.82) is 0 Å². The average Bonchev–Trinajstić information content (AvgIpc) is 3.26. The molecule has 1 atom stereocenters. The molecule has 0 saturated carbocycles. The second kappa shape index (κ2) is 11.3. The number of furan rings is 1. The molecule has 9 nitrogen and oxygen atoms in total. The van der Waals surface area contributed by atoms with E-state index in [4.69, 9.17) is 24.4 Å². The lowest BCUT2D eigenvalue weighted by molar-refractivity contribution is -0.0382. The zero-order valence-corrected chi connectivity index (χ0v) is 19.9. The molecule has 4 rings (SSSR count). The normalized spacial score (nSPS) is 11.6. The molecule has 0 aliphatic carbocycles. The molecule has 1 unspecified atom stereocenters. The summed E-state index contributed by atoms with van der Waals surface area (Å²) in [5.74, 6) is 0.236. The summed E-state index contributed by atoms with van der Waals surface area (Å²) in [5, 5.41) is 6.23. The molecule has 0 saturated heterocycles. The molecule has 4 aromatic rings. The Morgan fingerprint density at radius 3 is 2.44 bits per heavy atom. The number of methoxy groups -OCH3 is 1. The Labute approximate surface area is 208 Å². The van der Waals surface area contributed by atoms with E-state index in [0.29, 0.717) is 39.4 Å². The summed E-state index contributed by atoms with van der Waals surface area (Å²) >= 11 is 0. The lowest BCUT2D eigenvalue weighted by Crippen LogP contribution is -2.28. The number of carbonyl (C=O) groups excluding carboxylic acids is 2. The molecule has 1 heterocycles. The number of nitrogens with two attached hydrogens (primary N) is 1. The predicted octanol–water partition coefficient (Wildman–Crippen LogP) is 4.45. The summed E-state index contributed by atoms with van der Waals surface area (Å²) in [7, 11) is 1.52. The summed E-state index contributed by atoms with van der Waals surface area (Å²) in [6.45, 7) is 2.16. The van der Waals surface area contributed by atoms with Crippen LogP contribution in [0.1, 0.15) is 27.8 Å². The number of nitrogen functional groups attached to an aromatic ring is 1. The van der Waals surface area contributed by atoms with Crippen molar-refractivity contribution in [2.45, 2.75) is 13.2 Å². The Kier molecular flexibility index (Phi) is 7.72. The number of nitrogens with one attached hydrogen (secondary N) is 2. The van der Waals surface area contributed by atoms with Crippen molar-refractivity contribution < 1.29 is 28.2 Å². The highest BCUT2D eigenvalue weighted by atomic mass is 16.7. The Balaban J connectivity index is 1.31. The summed E-state index contributed by atoms with van der Waals surface area (Å²) in [6.07, 6.45) is -0.559. The molecule has 0 aliphatic rings. The van der Waals surface area contributed by atoms with Gasteiger partial charge in [0.1, 0.15) is 17.9 Å². The molecular weight excluding hydrogens is 462 g/mol. The number of anilines is 2. The van der Waals surface area contributed by atoms with E-state index < -0.39 is 12.2 Å². The van der Waals surface area contributed by atoms with E-state index in [1.165, 1.54) is 7.11 Å². The maximum absolute atomic E-state index is 12.8. The quantitative estimate of drug-likeness (QED) is 0.171. The molecule has 0 aliphatic heterocycles. The summed E-state index contributed by atoms with van der Waals surface area (Å²) in [5.41, 5.74) is 7.91. The van der Waals surface area contributed by atoms with E-state index in [-0.39, 0.29) is 24.8 Å². The SMILES string of the molecule is COC(C)Oc1c(C(=O)NCCOc2ccc(C(=O)Nc3ccccc3N)cc2)oc2ccccc12. The topological polar surface area (TPSA) is 125 Å². The number of amides is 2. The van der Waals surface area contributed by atoms with Gasteiger partial charge >= 0.3 is 0 Å². The van der Waals surface area contributed by atoms with Gasteiger partial charge in [0.15, 0.2) is 12.0 Å². The van der Waals surface area contributed by atoms with Crippen molar-refractivity contribution in [3.63, 3.8) is 0 Å². The molecule has 3 aromatic carbocycles. The van der Waals surface area contributed by atoms with Crippen LogP contribution in [0.25, 0.3) is 11.0 Å². The van der Waals surface area contributed by atoms with Crippen LogP contribution >= 0.6 is 0 Å². The number of hydrogen-bond acceptors (Lipinski definition) is 7. The smallest absolute Gasteiger partial charge is 0.291 e. The van der Waals surface area contributed by atoms with Gasteiger partial charge in [0, 0.05) is 12.7 Å². The van der Waals surface area contributed by atoms with Gasteiger partial charge in [-0.2, -0.15) is 0 Å². The van der Waals surface area contributed by atoms with Gasteiger partial charge in [-0.05, 0) is 55.5 Å². The average molecular weight is 490 g/mol. The lowest BCUT2D eigenvalue weighted by Gasteiger charge is -2.13. The minimum absolute atomic E-state index is 0.0644. The molecule has 0 bridgehead atoms. The van der Waals surface area contributed by atoms with E-state index in [9.17, 15) is 9.59 Å². The first-order valence-electron chi connectivity index (χ1n) is 11.3. The highest BCUT2D eigenvalue weighted by Crippen LogP contribution is 2.33. The van der Waals surface area contributed by atoms with Crippen LogP contribution in [0, 0.1) is 0 Å². The van der Waals surface area contributed by atoms with Crippen molar-refractivity contribution >= 4 is 34.2 Å². The van der Waals surface area contributed by atoms with Crippen LogP contribution in [0.2, 0.25) is 0 Å². The van der Waals surface area contributed by atoms with Crippen LogP contribution in [-0.2, 0) is 4.74 Å². The molecule has 36 heavy (non-hydrogen) atoms. The first-order chi connectivity index (χ1) is 17.5. The van der Waals surface area contributed by atoms with Crippen molar-refractivity contribution in [2.75, 3.05) is 31.3 Å². The zero-order valence-electron chi connectivity index (χ0n) is 19.9.